The van der Waals surface area contributed by atoms with Crippen molar-refractivity contribution < 1.29 is 4.74 Å². The van der Waals surface area contributed by atoms with E-state index in [4.69, 9.17) is 4.74 Å². The van der Waals surface area contributed by atoms with E-state index in [2.05, 4.69) is 67.2 Å². The van der Waals surface area contributed by atoms with Gasteiger partial charge in [0.2, 0.25) is 0 Å². The summed E-state index contributed by atoms with van der Waals surface area (Å²) in [5, 5.41) is 0. The van der Waals surface area contributed by atoms with Crippen LogP contribution in [0.5, 0.6) is 0 Å². The highest BCUT2D eigenvalue weighted by Gasteiger charge is 2.48. The molecule has 3 rings (SSSR count). The monoisotopic (exact) mass is 250 g/mol. The summed E-state index contributed by atoms with van der Waals surface area (Å²) in [6, 6.07) is 21.3. The topological polar surface area (TPSA) is 12.5 Å². The van der Waals surface area contributed by atoms with E-state index in [1.807, 2.05) is 6.08 Å². The van der Waals surface area contributed by atoms with Crippen LogP contribution in [0.4, 0.5) is 0 Å². The molecule has 1 heteroatoms. The van der Waals surface area contributed by atoms with Gasteiger partial charge in [0, 0.05) is 0 Å². The fourth-order valence-corrected chi connectivity index (χ4v) is 2.94. The first-order chi connectivity index (χ1) is 9.38. The van der Waals surface area contributed by atoms with Gasteiger partial charge in [0.1, 0.15) is 0 Å². The van der Waals surface area contributed by atoms with Crippen LogP contribution in [0.25, 0.3) is 0 Å². The molecule has 1 unspecified atom stereocenters. The SMILES string of the molecule is C=CCC(c1ccccc1)(c1ccccc1)C1CO1. The average Bonchev–Trinajstić information content (AvgIpc) is 3.32. The maximum atomic E-state index is 5.69. The first-order valence-corrected chi connectivity index (χ1v) is 6.71. The van der Waals surface area contributed by atoms with Crippen LogP contribution in [0.2, 0.25) is 0 Å². The molecule has 2 aromatic rings. The fourth-order valence-electron chi connectivity index (χ4n) is 2.94. The average molecular weight is 250 g/mol. The second-order valence-corrected chi connectivity index (χ2v) is 5.02. The van der Waals surface area contributed by atoms with E-state index in [9.17, 15) is 0 Å². The minimum Gasteiger partial charge on any atom is -0.372 e. The Hall–Kier alpha value is -1.86. The Labute approximate surface area is 114 Å². The minimum atomic E-state index is -0.0930. The van der Waals surface area contributed by atoms with Gasteiger partial charge < -0.3 is 4.74 Å². The summed E-state index contributed by atoms with van der Waals surface area (Å²) >= 11 is 0. The largest absolute Gasteiger partial charge is 0.372 e. The van der Waals surface area contributed by atoms with Gasteiger partial charge in [-0.25, -0.2) is 0 Å². The molecule has 0 aromatic heterocycles. The molecule has 0 radical (unpaired) electrons. The summed E-state index contributed by atoms with van der Waals surface area (Å²) in [6.07, 6.45) is 3.16. The molecular formula is C18H18O. The Balaban J connectivity index is 2.17. The molecule has 0 bridgehead atoms. The van der Waals surface area contributed by atoms with E-state index in [1.165, 1.54) is 11.1 Å². The predicted molar refractivity (Wildman–Crippen MR) is 78.2 cm³/mol. The van der Waals surface area contributed by atoms with Crippen LogP contribution in [0, 0.1) is 0 Å². The third-order valence-corrected chi connectivity index (χ3v) is 3.93. The highest BCUT2D eigenvalue weighted by atomic mass is 16.6. The second-order valence-electron chi connectivity index (χ2n) is 5.02. The Bertz CT molecular complexity index is 501. The first-order valence-electron chi connectivity index (χ1n) is 6.71. The van der Waals surface area contributed by atoms with Crippen molar-refractivity contribution in [1.82, 2.24) is 0 Å². The van der Waals surface area contributed by atoms with Gasteiger partial charge in [-0.3, -0.25) is 0 Å². The zero-order chi connectivity index (χ0) is 13.1. The molecule has 0 aliphatic carbocycles. The predicted octanol–water partition coefficient (Wildman–Crippen LogP) is 3.95. The third kappa shape index (κ3) is 2.11. The van der Waals surface area contributed by atoms with Crippen LogP contribution in [0.1, 0.15) is 17.5 Å². The van der Waals surface area contributed by atoms with Gasteiger partial charge in [0.05, 0.1) is 18.1 Å². The number of benzene rings is 2. The van der Waals surface area contributed by atoms with Crippen LogP contribution >= 0.6 is 0 Å². The molecule has 1 aliphatic rings. The molecule has 1 aliphatic heterocycles. The Morgan fingerprint density at radius 1 is 1.00 bits per heavy atom. The molecule has 1 heterocycles. The molecule has 0 saturated carbocycles. The quantitative estimate of drug-likeness (QED) is 0.578. The molecule has 0 amide bonds. The lowest BCUT2D eigenvalue weighted by Gasteiger charge is -2.33. The molecule has 0 spiro atoms. The van der Waals surface area contributed by atoms with Gasteiger partial charge in [-0.15, -0.1) is 6.58 Å². The maximum Gasteiger partial charge on any atom is 0.0949 e. The highest BCUT2D eigenvalue weighted by molar-refractivity contribution is 5.43. The van der Waals surface area contributed by atoms with Gasteiger partial charge in [-0.05, 0) is 17.5 Å². The lowest BCUT2D eigenvalue weighted by molar-refractivity contribution is 0.320. The summed E-state index contributed by atoms with van der Waals surface area (Å²) in [7, 11) is 0. The van der Waals surface area contributed by atoms with Crippen molar-refractivity contribution in [2.24, 2.45) is 0 Å². The van der Waals surface area contributed by atoms with Gasteiger partial charge in [-0.1, -0.05) is 66.7 Å². The third-order valence-electron chi connectivity index (χ3n) is 3.93. The first kappa shape index (κ1) is 12.2. The zero-order valence-corrected chi connectivity index (χ0v) is 11.0. The number of rotatable bonds is 5. The minimum absolute atomic E-state index is 0.0930. The van der Waals surface area contributed by atoms with Crippen LogP contribution in [0.3, 0.4) is 0 Å². The normalized spacial score (nSPS) is 18.0. The highest BCUT2D eigenvalue weighted by Crippen LogP contribution is 2.45. The standard InChI is InChI=1S/C18H18O/c1-2-13-18(17-14-19-17,15-9-5-3-6-10-15)16-11-7-4-8-12-16/h2-12,17H,1,13-14H2. The molecule has 1 fully saturated rings. The van der Waals surface area contributed by atoms with E-state index in [0.717, 1.165) is 13.0 Å². The van der Waals surface area contributed by atoms with Crippen LogP contribution < -0.4 is 0 Å². The molecule has 1 nitrogen and oxygen atoms in total. The lowest BCUT2D eigenvalue weighted by Crippen LogP contribution is -2.33. The second kappa shape index (κ2) is 5.02. The fraction of sp³-hybridized carbons (Fsp3) is 0.222. The Morgan fingerprint density at radius 3 is 1.84 bits per heavy atom. The van der Waals surface area contributed by atoms with Crippen molar-refractivity contribution in [1.29, 1.82) is 0 Å². The molecule has 19 heavy (non-hydrogen) atoms. The van der Waals surface area contributed by atoms with Crippen LogP contribution in [0.15, 0.2) is 73.3 Å². The number of epoxide rings is 1. The molecule has 1 saturated heterocycles. The summed E-state index contributed by atoms with van der Waals surface area (Å²) in [4.78, 5) is 0. The van der Waals surface area contributed by atoms with Crippen molar-refractivity contribution in [2.75, 3.05) is 6.61 Å². The van der Waals surface area contributed by atoms with Crippen LogP contribution in [-0.2, 0) is 10.2 Å². The summed E-state index contributed by atoms with van der Waals surface area (Å²) in [6.45, 7) is 4.78. The summed E-state index contributed by atoms with van der Waals surface area (Å²) in [5.74, 6) is 0. The molecule has 1 atom stereocenters. The number of allylic oxidation sites excluding steroid dienone is 1. The van der Waals surface area contributed by atoms with Gasteiger partial charge in [0.25, 0.3) is 0 Å². The van der Waals surface area contributed by atoms with Crippen molar-refractivity contribution in [3.8, 4) is 0 Å². The van der Waals surface area contributed by atoms with Crippen LogP contribution in [-0.4, -0.2) is 12.7 Å². The van der Waals surface area contributed by atoms with E-state index >= 15 is 0 Å². The van der Waals surface area contributed by atoms with E-state index in [0.29, 0.717) is 0 Å². The van der Waals surface area contributed by atoms with E-state index in [-0.39, 0.29) is 11.5 Å². The van der Waals surface area contributed by atoms with Crippen molar-refractivity contribution in [3.63, 3.8) is 0 Å². The lowest BCUT2D eigenvalue weighted by atomic mass is 9.69. The van der Waals surface area contributed by atoms with Crippen molar-refractivity contribution in [3.05, 3.63) is 84.4 Å². The van der Waals surface area contributed by atoms with E-state index < -0.39 is 0 Å². The van der Waals surface area contributed by atoms with E-state index in [1.54, 1.807) is 0 Å². The molecule has 2 aromatic carbocycles. The number of hydrogen-bond donors (Lipinski definition) is 0. The number of hydrogen-bond acceptors (Lipinski definition) is 1. The molecule has 0 N–H and O–H groups in total. The summed E-state index contributed by atoms with van der Waals surface area (Å²) in [5.41, 5.74) is 2.52. The molecular weight excluding hydrogens is 232 g/mol. The van der Waals surface area contributed by atoms with Gasteiger partial charge in [-0.2, -0.15) is 0 Å². The Kier molecular flexibility index (Phi) is 3.22. The van der Waals surface area contributed by atoms with Crippen molar-refractivity contribution in [2.45, 2.75) is 17.9 Å². The van der Waals surface area contributed by atoms with Crippen molar-refractivity contribution >= 4 is 0 Å². The zero-order valence-electron chi connectivity index (χ0n) is 11.0. The molecule has 96 valence electrons. The Morgan fingerprint density at radius 2 is 1.47 bits per heavy atom. The maximum absolute atomic E-state index is 5.69. The summed E-state index contributed by atoms with van der Waals surface area (Å²) < 4.78 is 5.69. The smallest absolute Gasteiger partial charge is 0.0949 e. The van der Waals surface area contributed by atoms with Gasteiger partial charge in [0.15, 0.2) is 0 Å². The van der Waals surface area contributed by atoms with Gasteiger partial charge >= 0.3 is 0 Å². The number of ether oxygens (including phenoxy) is 1.